The van der Waals surface area contributed by atoms with Crippen LogP contribution in [0.1, 0.15) is 0 Å². The predicted molar refractivity (Wildman–Crippen MR) is 105 cm³/mol. The first-order chi connectivity index (χ1) is 12.8. The molecule has 5 rings (SSSR count). The van der Waals surface area contributed by atoms with Gasteiger partial charge in [-0.2, -0.15) is 0 Å². The molecule has 0 bridgehead atoms. The van der Waals surface area contributed by atoms with Crippen molar-refractivity contribution in [3.63, 3.8) is 0 Å². The second-order valence-corrected chi connectivity index (χ2v) is 7.86. The summed E-state index contributed by atoms with van der Waals surface area (Å²) < 4.78 is 6.62. The average molecular weight is 378 g/mol. The van der Waals surface area contributed by atoms with Crippen LogP contribution in [0.15, 0.2) is 64.8 Å². The fraction of sp³-hybridized carbons (Fsp3) is 0.105. The fourth-order valence-corrected chi connectivity index (χ4v) is 4.94. The first-order valence-electron chi connectivity index (χ1n) is 8.09. The van der Waals surface area contributed by atoms with E-state index in [1.807, 2.05) is 18.2 Å². The summed E-state index contributed by atoms with van der Waals surface area (Å²) in [5.41, 5.74) is 3.20. The molecule has 0 saturated heterocycles. The molecular weight excluding hydrogens is 364 g/mol. The maximum atomic E-state index is 5.42. The maximum absolute atomic E-state index is 5.42. The number of rotatable bonds is 3. The summed E-state index contributed by atoms with van der Waals surface area (Å²) in [6, 6.07) is 14.6. The van der Waals surface area contributed by atoms with Crippen molar-refractivity contribution in [2.24, 2.45) is 0 Å². The van der Waals surface area contributed by atoms with E-state index in [1.165, 1.54) is 4.70 Å². The van der Waals surface area contributed by atoms with Crippen LogP contribution in [-0.4, -0.2) is 28.8 Å². The fourth-order valence-electron chi connectivity index (χ4n) is 3.00. The molecule has 0 aliphatic carbocycles. The number of aromatic nitrogens is 3. The smallest absolute Gasteiger partial charge is 0.168 e. The zero-order chi connectivity index (χ0) is 17.5. The number of thiazole rings is 1. The Balaban J connectivity index is 1.63. The van der Waals surface area contributed by atoms with Crippen molar-refractivity contribution < 1.29 is 4.74 Å². The lowest BCUT2D eigenvalue weighted by Gasteiger charge is -2.30. The van der Waals surface area contributed by atoms with Gasteiger partial charge in [-0.15, -0.1) is 11.3 Å². The SMILES string of the molecule is COCN1c2cc(-c3nc4ccccc4s3)ccc2Sc2nccnc21. The predicted octanol–water partition coefficient (Wildman–Crippen LogP) is 4.96. The van der Waals surface area contributed by atoms with E-state index in [0.29, 0.717) is 6.73 Å². The number of fused-ring (bicyclic) bond motifs is 3. The molecule has 5 nitrogen and oxygen atoms in total. The van der Waals surface area contributed by atoms with Crippen molar-refractivity contribution >= 4 is 44.8 Å². The molecule has 1 aliphatic heterocycles. The summed E-state index contributed by atoms with van der Waals surface area (Å²) in [5.74, 6) is 0.827. The van der Waals surface area contributed by atoms with Crippen LogP contribution in [0.4, 0.5) is 11.5 Å². The van der Waals surface area contributed by atoms with Gasteiger partial charge < -0.3 is 4.74 Å². The van der Waals surface area contributed by atoms with Gasteiger partial charge in [0.15, 0.2) is 5.82 Å². The number of methoxy groups -OCH3 is 1. The molecule has 128 valence electrons. The van der Waals surface area contributed by atoms with Crippen LogP contribution in [-0.2, 0) is 4.74 Å². The minimum absolute atomic E-state index is 0.419. The Morgan fingerprint density at radius 1 is 1.08 bits per heavy atom. The minimum Gasteiger partial charge on any atom is -0.364 e. The van der Waals surface area contributed by atoms with E-state index in [0.717, 1.165) is 37.5 Å². The molecule has 2 aromatic carbocycles. The van der Waals surface area contributed by atoms with E-state index >= 15 is 0 Å². The summed E-state index contributed by atoms with van der Waals surface area (Å²) in [5, 5.41) is 1.91. The van der Waals surface area contributed by atoms with Gasteiger partial charge in [-0.3, -0.25) is 4.90 Å². The van der Waals surface area contributed by atoms with Crippen molar-refractivity contribution in [3.05, 3.63) is 54.9 Å². The molecule has 0 atom stereocenters. The Bertz CT molecular complexity index is 1080. The van der Waals surface area contributed by atoms with Crippen LogP contribution in [0.5, 0.6) is 0 Å². The molecule has 0 N–H and O–H groups in total. The molecule has 0 unspecified atom stereocenters. The summed E-state index contributed by atoms with van der Waals surface area (Å²) in [7, 11) is 1.69. The van der Waals surface area contributed by atoms with Crippen molar-refractivity contribution in [1.82, 2.24) is 15.0 Å². The molecule has 7 heteroatoms. The van der Waals surface area contributed by atoms with E-state index in [-0.39, 0.29) is 0 Å². The molecule has 0 saturated carbocycles. The van der Waals surface area contributed by atoms with Crippen LogP contribution in [0.2, 0.25) is 0 Å². The van der Waals surface area contributed by atoms with Crippen molar-refractivity contribution in [2.75, 3.05) is 18.7 Å². The highest BCUT2D eigenvalue weighted by atomic mass is 32.2. The topological polar surface area (TPSA) is 51.1 Å². The van der Waals surface area contributed by atoms with Gasteiger partial charge in [0.2, 0.25) is 0 Å². The second kappa shape index (κ2) is 6.35. The average Bonchev–Trinajstić information content (AvgIpc) is 3.12. The highest BCUT2D eigenvalue weighted by Gasteiger charge is 2.26. The quantitative estimate of drug-likeness (QED) is 0.502. The third-order valence-corrected chi connectivity index (χ3v) is 6.29. The number of anilines is 2. The Kier molecular flexibility index (Phi) is 3.85. The first kappa shape index (κ1) is 15.7. The summed E-state index contributed by atoms with van der Waals surface area (Å²) in [6.07, 6.45) is 3.43. The second-order valence-electron chi connectivity index (χ2n) is 5.80. The van der Waals surface area contributed by atoms with Crippen molar-refractivity contribution in [3.8, 4) is 10.6 Å². The molecule has 0 spiro atoms. The molecule has 0 radical (unpaired) electrons. The highest BCUT2D eigenvalue weighted by molar-refractivity contribution is 7.99. The standard InChI is InChI=1S/C19H14N4OS2/c1-24-11-23-14-10-12(18-22-13-4-2-3-5-15(13)25-18)6-7-16(14)26-19-17(23)20-8-9-21-19/h2-10H,11H2,1H3. The minimum atomic E-state index is 0.419. The molecule has 1 aliphatic rings. The molecule has 26 heavy (non-hydrogen) atoms. The van der Waals surface area contributed by atoms with E-state index in [1.54, 1.807) is 42.6 Å². The van der Waals surface area contributed by atoms with E-state index in [2.05, 4.69) is 39.1 Å². The van der Waals surface area contributed by atoms with Gasteiger partial charge in [0.05, 0.1) is 15.9 Å². The van der Waals surface area contributed by atoms with Gasteiger partial charge in [0.25, 0.3) is 0 Å². The van der Waals surface area contributed by atoms with Gasteiger partial charge in [-0.1, -0.05) is 30.0 Å². The van der Waals surface area contributed by atoms with Gasteiger partial charge >= 0.3 is 0 Å². The number of para-hydroxylation sites is 1. The van der Waals surface area contributed by atoms with Crippen LogP contribution in [0.3, 0.4) is 0 Å². The molecular formula is C19H14N4OS2. The molecule has 3 heterocycles. The van der Waals surface area contributed by atoms with Crippen LogP contribution in [0, 0.1) is 0 Å². The summed E-state index contributed by atoms with van der Waals surface area (Å²) >= 11 is 3.34. The van der Waals surface area contributed by atoms with Crippen molar-refractivity contribution in [1.29, 1.82) is 0 Å². The lowest BCUT2D eigenvalue weighted by atomic mass is 10.2. The number of ether oxygens (including phenoxy) is 1. The van der Waals surface area contributed by atoms with E-state index < -0.39 is 0 Å². The van der Waals surface area contributed by atoms with Gasteiger partial charge in [0, 0.05) is 30.0 Å². The van der Waals surface area contributed by atoms with Gasteiger partial charge in [-0.05, 0) is 24.3 Å². The number of nitrogens with zero attached hydrogens (tertiary/aromatic N) is 4. The molecule has 2 aromatic heterocycles. The zero-order valence-electron chi connectivity index (χ0n) is 13.9. The Labute approximate surface area is 158 Å². The monoisotopic (exact) mass is 378 g/mol. The van der Waals surface area contributed by atoms with E-state index in [9.17, 15) is 0 Å². The Morgan fingerprint density at radius 3 is 2.85 bits per heavy atom. The number of hydrogen-bond acceptors (Lipinski definition) is 7. The highest BCUT2D eigenvalue weighted by Crippen LogP contribution is 2.47. The molecule has 0 amide bonds. The Morgan fingerprint density at radius 2 is 1.96 bits per heavy atom. The van der Waals surface area contributed by atoms with Crippen LogP contribution in [0.25, 0.3) is 20.8 Å². The van der Waals surface area contributed by atoms with Crippen LogP contribution >= 0.6 is 23.1 Å². The first-order valence-corrected chi connectivity index (χ1v) is 9.72. The lowest BCUT2D eigenvalue weighted by Crippen LogP contribution is -2.24. The number of hydrogen-bond donors (Lipinski definition) is 0. The van der Waals surface area contributed by atoms with Crippen LogP contribution < -0.4 is 4.90 Å². The molecule has 0 fully saturated rings. The largest absolute Gasteiger partial charge is 0.364 e. The Hall–Kier alpha value is -2.48. The maximum Gasteiger partial charge on any atom is 0.168 e. The van der Waals surface area contributed by atoms with Gasteiger partial charge in [0.1, 0.15) is 16.8 Å². The van der Waals surface area contributed by atoms with Gasteiger partial charge in [-0.25, -0.2) is 15.0 Å². The third kappa shape index (κ3) is 2.56. The zero-order valence-corrected chi connectivity index (χ0v) is 15.5. The third-order valence-electron chi connectivity index (χ3n) is 4.16. The van der Waals surface area contributed by atoms with E-state index in [4.69, 9.17) is 9.72 Å². The number of benzene rings is 2. The summed E-state index contributed by atoms with van der Waals surface area (Å²) in [4.78, 5) is 16.9. The molecule has 4 aromatic rings. The normalized spacial score (nSPS) is 12.9. The lowest BCUT2D eigenvalue weighted by molar-refractivity contribution is 0.205. The van der Waals surface area contributed by atoms with Crippen molar-refractivity contribution in [2.45, 2.75) is 9.92 Å². The summed E-state index contributed by atoms with van der Waals surface area (Å²) in [6.45, 7) is 0.419.